The second-order valence-corrected chi connectivity index (χ2v) is 7.47. The lowest BCUT2D eigenvalue weighted by molar-refractivity contribution is 0.143. The maximum atomic E-state index is 6.01. The number of benzene rings is 1. The SMILES string of the molecule is CC1CNC(c2ccccc2)CN1CCc1ccc(Cl)s1. The van der Waals surface area contributed by atoms with Gasteiger partial charge in [-0.3, -0.25) is 4.90 Å². The van der Waals surface area contributed by atoms with Gasteiger partial charge in [0.1, 0.15) is 0 Å². The van der Waals surface area contributed by atoms with E-state index in [1.807, 2.05) is 6.07 Å². The van der Waals surface area contributed by atoms with Gasteiger partial charge in [0.25, 0.3) is 0 Å². The Balaban J connectivity index is 1.61. The third kappa shape index (κ3) is 3.86. The lowest BCUT2D eigenvalue weighted by Crippen LogP contribution is -2.51. The summed E-state index contributed by atoms with van der Waals surface area (Å²) in [5.41, 5.74) is 1.38. The molecule has 2 unspecified atom stereocenters. The summed E-state index contributed by atoms with van der Waals surface area (Å²) in [6.07, 6.45) is 1.09. The molecule has 3 rings (SSSR count). The summed E-state index contributed by atoms with van der Waals surface area (Å²) in [6, 6.07) is 15.9. The van der Waals surface area contributed by atoms with Crippen molar-refractivity contribution in [3.8, 4) is 0 Å². The Bertz CT molecular complexity index is 569. The molecule has 2 heterocycles. The van der Waals surface area contributed by atoms with Crippen LogP contribution in [0.1, 0.15) is 23.4 Å². The van der Waals surface area contributed by atoms with E-state index in [2.05, 4.69) is 53.5 Å². The van der Waals surface area contributed by atoms with Gasteiger partial charge in [-0.05, 0) is 31.0 Å². The zero-order valence-corrected chi connectivity index (χ0v) is 13.8. The molecule has 0 aliphatic carbocycles. The summed E-state index contributed by atoms with van der Waals surface area (Å²) in [5, 5.41) is 3.66. The summed E-state index contributed by atoms with van der Waals surface area (Å²) in [7, 11) is 0. The number of thiophene rings is 1. The molecule has 1 aromatic carbocycles. The maximum Gasteiger partial charge on any atom is 0.0931 e. The first-order chi connectivity index (χ1) is 10.2. The van der Waals surface area contributed by atoms with Crippen LogP contribution in [0.5, 0.6) is 0 Å². The van der Waals surface area contributed by atoms with Crippen molar-refractivity contribution in [2.45, 2.75) is 25.4 Å². The minimum atomic E-state index is 0.439. The highest BCUT2D eigenvalue weighted by Gasteiger charge is 2.25. The van der Waals surface area contributed by atoms with Crippen molar-refractivity contribution in [1.29, 1.82) is 0 Å². The monoisotopic (exact) mass is 320 g/mol. The summed E-state index contributed by atoms with van der Waals surface area (Å²) < 4.78 is 0.889. The van der Waals surface area contributed by atoms with Gasteiger partial charge in [0, 0.05) is 36.6 Å². The smallest absolute Gasteiger partial charge is 0.0931 e. The van der Waals surface area contributed by atoms with Gasteiger partial charge in [-0.2, -0.15) is 0 Å². The zero-order chi connectivity index (χ0) is 14.7. The average molecular weight is 321 g/mol. The van der Waals surface area contributed by atoms with Crippen molar-refractivity contribution in [3.05, 3.63) is 57.2 Å². The normalized spacial score (nSPS) is 23.3. The first kappa shape index (κ1) is 15.0. The van der Waals surface area contributed by atoms with E-state index < -0.39 is 0 Å². The Morgan fingerprint density at radius 2 is 2.05 bits per heavy atom. The molecule has 2 atom stereocenters. The first-order valence-electron chi connectivity index (χ1n) is 7.49. The van der Waals surface area contributed by atoms with Crippen LogP contribution in [-0.4, -0.2) is 30.6 Å². The molecule has 1 N–H and O–H groups in total. The number of nitrogens with zero attached hydrogens (tertiary/aromatic N) is 1. The molecular weight excluding hydrogens is 300 g/mol. The van der Waals surface area contributed by atoms with Crippen LogP contribution in [0.2, 0.25) is 4.34 Å². The van der Waals surface area contributed by atoms with Crippen LogP contribution in [0.25, 0.3) is 0 Å². The number of rotatable bonds is 4. The predicted molar refractivity (Wildman–Crippen MR) is 91.3 cm³/mol. The Labute approximate surface area is 135 Å². The largest absolute Gasteiger partial charge is 0.307 e. The second kappa shape index (κ2) is 6.93. The van der Waals surface area contributed by atoms with Crippen LogP contribution in [-0.2, 0) is 6.42 Å². The highest BCUT2D eigenvalue weighted by Crippen LogP contribution is 2.24. The lowest BCUT2D eigenvalue weighted by atomic mass is 10.0. The van der Waals surface area contributed by atoms with Crippen LogP contribution in [0.15, 0.2) is 42.5 Å². The molecule has 1 aliphatic heterocycles. The van der Waals surface area contributed by atoms with Gasteiger partial charge < -0.3 is 5.32 Å². The predicted octanol–water partition coefficient (Wildman–Crippen LogP) is 3.98. The standard InChI is InChI=1S/C17H21ClN2S/c1-13-11-19-16(14-5-3-2-4-6-14)12-20(13)10-9-15-7-8-17(18)21-15/h2-8,13,16,19H,9-12H2,1H3. The fourth-order valence-corrected chi connectivity index (χ4v) is 3.96. The zero-order valence-electron chi connectivity index (χ0n) is 12.3. The molecule has 0 radical (unpaired) electrons. The van der Waals surface area contributed by atoms with Gasteiger partial charge >= 0.3 is 0 Å². The topological polar surface area (TPSA) is 15.3 Å². The van der Waals surface area contributed by atoms with Gasteiger partial charge in [0.05, 0.1) is 4.34 Å². The molecule has 0 amide bonds. The fourth-order valence-electron chi connectivity index (χ4n) is 2.88. The number of halogens is 1. The van der Waals surface area contributed by atoms with Crippen LogP contribution in [0.4, 0.5) is 0 Å². The van der Waals surface area contributed by atoms with Crippen LogP contribution < -0.4 is 5.32 Å². The molecule has 4 heteroatoms. The van der Waals surface area contributed by atoms with Crippen LogP contribution in [0, 0.1) is 0 Å². The van der Waals surface area contributed by atoms with Crippen LogP contribution >= 0.6 is 22.9 Å². The van der Waals surface area contributed by atoms with E-state index in [0.29, 0.717) is 12.1 Å². The van der Waals surface area contributed by atoms with Crippen molar-refractivity contribution < 1.29 is 0 Å². The molecule has 0 spiro atoms. The molecule has 1 saturated heterocycles. The molecule has 1 fully saturated rings. The molecule has 21 heavy (non-hydrogen) atoms. The third-order valence-electron chi connectivity index (χ3n) is 4.18. The number of nitrogens with one attached hydrogen (secondary N) is 1. The van der Waals surface area contributed by atoms with E-state index in [-0.39, 0.29) is 0 Å². The molecule has 2 nitrogen and oxygen atoms in total. The molecule has 0 saturated carbocycles. The summed E-state index contributed by atoms with van der Waals surface area (Å²) in [5.74, 6) is 0. The van der Waals surface area contributed by atoms with Crippen molar-refractivity contribution in [1.82, 2.24) is 10.2 Å². The van der Waals surface area contributed by atoms with E-state index in [1.165, 1.54) is 10.4 Å². The van der Waals surface area contributed by atoms with Crippen molar-refractivity contribution in [3.63, 3.8) is 0 Å². The lowest BCUT2D eigenvalue weighted by Gasteiger charge is -2.39. The van der Waals surface area contributed by atoms with Crippen molar-refractivity contribution in [2.75, 3.05) is 19.6 Å². The highest BCUT2D eigenvalue weighted by atomic mass is 35.5. The molecule has 1 aromatic heterocycles. The van der Waals surface area contributed by atoms with E-state index >= 15 is 0 Å². The van der Waals surface area contributed by atoms with E-state index in [0.717, 1.165) is 30.4 Å². The molecule has 112 valence electrons. The van der Waals surface area contributed by atoms with Crippen molar-refractivity contribution in [2.24, 2.45) is 0 Å². The van der Waals surface area contributed by atoms with Crippen molar-refractivity contribution >= 4 is 22.9 Å². The van der Waals surface area contributed by atoms with Gasteiger partial charge in [-0.15, -0.1) is 11.3 Å². The van der Waals surface area contributed by atoms with Gasteiger partial charge in [-0.1, -0.05) is 41.9 Å². The third-order valence-corrected chi connectivity index (χ3v) is 5.47. The second-order valence-electron chi connectivity index (χ2n) is 5.67. The minimum Gasteiger partial charge on any atom is -0.307 e. The van der Waals surface area contributed by atoms with Crippen LogP contribution in [0.3, 0.4) is 0 Å². The Kier molecular flexibility index (Phi) is 4.96. The maximum absolute atomic E-state index is 6.01. The molecule has 2 aromatic rings. The van der Waals surface area contributed by atoms with Gasteiger partial charge in [0.2, 0.25) is 0 Å². The fraction of sp³-hybridized carbons (Fsp3) is 0.412. The van der Waals surface area contributed by atoms with E-state index in [1.54, 1.807) is 11.3 Å². The number of hydrogen-bond acceptors (Lipinski definition) is 3. The first-order valence-corrected chi connectivity index (χ1v) is 8.68. The van der Waals surface area contributed by atoms with Gasteiger partial charge in [-0.25, -0.2) is 0 Å². The number of piperazine rings is 1. The summed E-state index contributed by atoms with van der Waals surface area (Å²) in [6.45, 7) is 5.52. The van der Waals surface area contributed by atoms with E-state index in [9.17, 15) is 0 Å². The Morgan fingerprint density at radius 1 is 1.24 bits per heavy atom. The average Bonchev–Trinajstić information content (AvgIpc) is 2.93. The van der Waals surface area contributed by atoms with Gasteiger partial charge in [0.15, 0.2) is 0 Å². The van der Waals surface area contributed by atoms with E-state index in [4.69, 9.17) is 11.6 Å². The Hall–Kier alpha value is -0.870. The summed E-state index contributed by atoms with van der Waals surface area (Å²) in [4.78, 5) is 3.96. The molecule has 1 aliphatic rings. The Morgan fingerprint density at radius 3 is 2.76 bits per heavy atom. The molecule has 0 bridgehead atoms. The molecular formula is C17H21ClN2S. The number of hydrogen-bond donors (Lipinski definition) is 1. The summed E-state index contributed by atoms with van der Waals surface area (Å²) >= 11 is 7.71. The highest BCUT2D eigenvalue weighted by molar-refractivity contribution is 7.16. The quantitative estimate of drug-likeness (QED) is 0.916. The minimum absolute atomic E-state index is 0.439.